The van der Waals surface area contributed by atoms with Crippen LogP contribution in [0.15, 0.2) is 65.4 Å². The lowest BCUT2D eigenvalue weighted by molar-refractivity contribution is -0.136. The summed E-state index contributed by atoms with van der Waals surface area (Å²) in [7, 11) is 0. The van der Waals surface area contributed by atoms with Crippen LogP contribution in [0.25, 0.3) is 0 Å². The first kappa shape index (κ1) is 18.6. The van der Waals surface area contributed by atoms with Crippen LogP contribution >= 0.6 is 11.3 Å². The van der Waals surface area contributed by atoms with E-state index in [-0.39, 0.29) is 5.82 Å². The van der Waals surface area contributed by atoms with E-state index < -0.39 is 11.8 Å². The SMILES string of the molecule is O=C(NCCc1ccc(Oc2ccc(F)cc2)cc1)C(=O)Nc1ccsc1. The first-order valence-electron chi connectivity index (χ1n) is 8.24. The van der Waals surface area contributed by atoms with Crippen molar-refractivity contribution in [3.8, 4) is 11.5 Å². The molecule has 0 unspecified atom stereocenters. The maximum Gasteiger partial charge on any atom is 0.313 e. The van der Waals surface area contributed by atoms with Crippen LogP contribution in [0.1, 0.15) is 5.56 Å². The average Bonchev–Trinajstić information content (AvgIpc) is 3.18. The van der Waals surface area contributed by atoms with Gasteiger partial charge in [0.15, 0.2) is 0 Å². The normalized spacial score (nSPS) is 10.3. The lowest BCUT2D eigenvalue weighted by Gasteiger charge is -2.08. The second kappa shape index (κ2) is 8.95. The third-order valence-electron chi connectivity index (χ3n) is 3.66. The van der Waals surface area contributed by atoms with E-state index in [1.807, 2.05) is 17.5 Å². The number of ether oxygens (including phenoxy) is 1. The largest absolute Gasteiger partial charge is 0.457 e. The highest BCUT2D eigenvalue weighted by Gasteiger charge is 2.13. The van der Waals surface area contributed by atoms with Gasteiger partial charge in [0, 0.05) is 11.9 Å². The molecule has 0 atom stereocenters. The van der Waals surface area contributed by atoms with Crippen LogP contribution in [0.4, 0.5) is 10.1 Å². The van der Waals surface area contributed by atoms with Crippen molar-refractivity contribution in [1.29, 1.82) is 0 Å². The van der Waals surface area contributed by atoms with Gasteiger partial charge in [-0.15, -0.1) is 0 Å². The molecule has 0 aliphatic heterocycles. The molecule has 5 nitrogen and oxygen atoms in total. The summed E-state index contributed by atoms with van der Waals surface area (Å²) in [6, 6.07) is 14.8. The number of carbonyl (C=O) groups excluding carboxylic acids is 2. The van der Waals surface area contributed by atoms with Gasteiger partial charge in [0.1, 0.15) is 17.3 Å². The molecule has 0 fully saturated rings. The van der Waals surface area contributed by atoms with Gasteiger partial charge >= 0.3 is 11.8 Å². The van der Waals surface area contributed by atoms with Crippen LogP contribution < -0.4 is 15.4 Å². The highest BCUT2D eigenvalue weighted by atomic mass is 32.1. The molecule has 7 heteroatoms. The van der Waals surface area contributed by atoms with Gasteiger partial charge in [0.05, 0.1) is 5.69 Å². The number of nitrogens with one attached hydrogen (secondary N) is 2. The summed E-state index contributed by atoms with van der Waals surface area (Å²) in [5.41, 5.74) is 1.59. The van der Waals surface area contributed by atoms with Crippen molar-refractivity contribution in [1.82, 2.24) is 5.32 Å². The average molecular weight is 384 g/mol. The molecule has 2 amide bonds. The van der Waals surface area contributed by atoms with Gasteiger partial charge in [-0.3, -0.25) is 9.59 Å². The van der Waals surface area contributed by atoms with E-state index in [9.17, 15) is 14.0 Å². The van der Waals surface area contributed by atoms with Crippen LogP contribution in [0.3, 0.4) is 0 Å². The topological polar surface area (TPSA) is 67.4 Å². The first-order valence-corrected chi connectivity index (χ1v) is 9.18. The third-order valence-corrected chi connectivity index (χ3v) is 4.34. The summed E-state index contributed by atoms with van der Waals surface area (Å²) < 4.78 is 18.5. The second-order valence-electron chi connectivity index (χ2n) is 5.67. The number of rotatable bonds is 6. The number of anilines is 1. The maximum absolute atomic E-state index is 12.9. The Morgan fingerprint density at radius 1 is 0.926 bits per heavy atom. The predicted molar refractivity (Wildman–Crippen MR) is 103 cm³/mol. The fraction of sp³-hybridized carbons (Fsp3) is 0.100. The molecule has 0 radical (unpaired) electrons. The van der Waals surface area contributed by atoms with Crippen LogP contribution in [-0.4, -0.2) is 18.4 Å². The minimum absolute atomic E-state index is 0.316. The Balaban J connectivity index is 1.43. The Hall–Kier alpha value is -3.19. The van der Waals surface area contributed by atoms with Crippen LogP contribution in [0.5, 0.6) is 11.5 Å². The Labute approximate surface area is 159 Å². The van der Waals surface area contributed by atoms with Crippen LogP contribution in [0, 0.1) is 5.82 Å². The molecular formula is C20H17FN2O3S. The van der Waals surface area contributed by atoms with Crippen molar-refractivity contribution in [3.05, 3.63) is 76.7 Å². The van der Waals surface area contributed by atoms with Gasteiger partial charge in [-0.05, 0) is 59.8 Å². The van der Waals surface area contributed by atoms with Crippen LogP contribution in [-0.2, 0) is 16.0 Å². The van der Waals surface area contributed by atoms with Crippen molar-refractivity contribution >= 4 is 28.8 Å². The quantitative estimate of drug-likeness (QED) is 0.632. The monoisotopic (exact) mass is 384 g/mol. The molecule has 138 valence electrons. The lowest BCUT2D eigenvalue weighted by atomic mass is 10.1. The van der Waals surface area contributed by atoms with E-state index in [2.05, 4.69) is 10.6 Å². The molecule has 0 saturated heterocycles. The molecule has 0 aliphatic rings. The van der Waals surface area contributed by atoms with Gasteiger partial charge < -0.3 is 15.4 Å². The number of amides is 2. The molecule has 2 aromatic carbocycles. The van der Waals surface area contributed by atoms with Gasteiger partial charge in [-0.1, -0.05) is 12.1 Å². The fourth-order valence-electron chi connectivity index (χ4n) is 2.29. The zero-order valence-electron chi connectivity index (χ0n) is 14.3. The minimum atomic E-state index is -0.684. The smallest absolute Gasteiger partial charge is 0.313 e. The second-order valence-corrected chi connectivity index (χ2v) is 6.45. The van der Waals surface area contributed by atoms with Crippen molar-refractivity contribution in [2.75, 3.05) is 11.9 Å². The molecule has 3 rings (SSSR count). The molecular weight excluding hydrogens is 367 g/mol. The summed E-state index contributed by atoms with van der Waals surface area (Å²) in [6.45, 7) is 0.341. The van der Waals surface area contributed by atoms with E-state index in [0.717, 1.165) is 5.56 Å². The maximum atomic E-state index is 12.9. The van der Waals surface area contributed by atoms with Gasteiger partial charge in [0.2, 0.25) is 0 Å². The lowest BCUT2D eigenvalue weighted by Crippen LogP contribution is -2.36. The zero-order valence-corrected chi connectivity index (χ0v) is 15.1. The third kappa shape index (κ3) is 5.65. The van der Waals surface area contributed by atoms with Crippen molar-refractivity contribution in [3.63, 3.8) is 0 Å². The van der Waals surface area contributed by atoms with Crippen molar-refractivity contribution in [2.45, 2.75) is 6.42 Å². The summed E-state index contributed by atoms with van der Waals surface area (Å²) in [5, 5.41) is 8.68. The summed E-state index contributed by atoms with van der Waals surface area (Å²) in [5.74, 6) is -0.491. The summed E-state index contributed by atoms with van der Waals surface area (Å²) >= 11 is 1.44. The van der Waals surface area contributed by atoms with Gasteiger partial charge in [0.25, 0.3) is 0 Å². The van der Waals surface area contributed by atoms with Crippen molar-refractivity contribution < 1.29 is 18.7 Å². The highest BCUT2D eigenvalue weighted by molar-refractivity contribution is 7.08. The molecule has 3 aromatic rings. The number of thiophene rings is 1. The fourth-order valence-corrected chi connectivity index (χ4v) is 2.87. The number of carbonyl (C=O) groups is 2. The Morgan fingerprint density at radius 2 is 1.59 bits per heavy atom. The Kier molecular flexibility index (Phi) is 6.17. The zero-order chi connectivity index (χ0) is 19.1. The summed E-state index contributed by atoms with van der Waals surface area (Å²) in [4.78, 5) is 23.5. The van der Waals surface area contributed by atoms with E-state index in [1.54, 1.807) is 35.7 Å². The van der Waals surface area contributed by atoms with Gasteiger partial charge in [-0.2, -0.15) is 11.3 Å². The molecule has 1 aromatic heterocycles. The molecule has 27 heavy (non-hydrogen) atoms. The minimum Gasteiger partial charge on any atom is -0.457 e. The van der Waals surface area contributed by atoms with E-state index >= 15 is 0 Å². The number of hydrogen-bond donors (Lipinski definition) is 2. The predicted octanol–water partition coefficient (Wildman–Crippen LogP) is 3.98. The number of halogens is 1. The first-order chi connectivity index (χ1) is 13.1. The molecule has 2 N–H and O–H groups in total. The van der Waals surface area contributed by atoms with Crippen molar-refractivity contribution in [2.24, 2.45) is 0 Å². The summed E-state index contributed by atoms with van der Waals surface area (Å²) in [6.07, 6.45) is 0.578. The standard InChI is InChI=1S/C20H17FN2O3S/c21-15-3-7-18(8-4-15)26-17-5-1-14(2-6-17)9-11-22-19(24)20(25)23-16-10-12-27-13-16/h1-8,10,12-13H,9,11H2,(H,22,24)(H,23,25). The molecule has 0 bridgehead atoms. The molecule has 0 aliphatic carbocycles. The molecule has 1 heterocycles. The Bertz CT molecular complexity index is 894. The van der Waals surface area contributed by atoms with E-state index in [1.165, 1.54) is 23.5 Å². The van der Waals surface area contributed by atoms with Gasteiger partial charge in [-0.25, -0.2) is 4.39 Å². The van der Waals surface area contributed by atoms with E-state index in [0.29, 0.717) is 30.2 Å². The number of hydrogen-bond acceptors (Lipinski definition) is 4. The van der Waals surface area contributed by atoms with Crippen LogP contribution in [0.2, 0.25) is 0 Å². The van der Waals surface area contributed by atoms with E-state index in [4.69, 9.17) is 4.74 Å². The Morgan fingerprint density at radius 3 is 2.22 bits per heavy atom. The molecule has 0 spiro atoms. The number of benzene rings is 2. The highest BCUT2D eigenvalue weighted by Crippen LogP contribution is 2.21. The molecule has 0 saturated carbocycles.